The van der Waals surface area contributed by atoms with Crippen molar-refractivity contribution in [1.82, 2.24) is 9.97 Å². The molecule has 1 rings (SSSR count). The summed E-state index contributed by atoms with van der Waals surface area (Å²) < 4.78 is 0. The molecule has 0 saturated carbocycles. The first kappa shape index (κ1) is 11.7. The van der Waals surface area contributed by atoms with Gasteiger partial charge in [0.05, 0.1) is 6.10 Å². The van der Waals surface area contributed by atoms with E-state index in [4.69, 9.17) is 5.84 Å². The molecule has 1 aromatic heterocycles. The minimum absolute atomic E-state index is 0.403. The number of nitrogens with one attached hydrogen (secondary N) is 1. The number of nitrogens with two attached hydrogens (primary N) is 1. The Labute approximate surface area is 89.1 Å². The fraction of sp³-hybridized carbons (Fsp3) is 0.556. The van der Waals surface area contributed by atoms with Crippen molar-refractivity contribution in [3.63, 3.8) is 0 Å². The van der Waals surface area contributed by atoms with Gasteiger partial charge in [0.2, 0.25) is 0 Å². The molecule has 0 saturated heterocycles. The van der Waals surface area contributed by atoms with Crippen molar-refractivity contribution in [3.05, 3.63) is 11.9 Å². The van der Waals surface area contributed by atoms with Crippen molar-refractivity contribution < 1.29 is 5.11 Å². The number of hydrazine groups is 1. The minimum atomic E-state index is -0.403. The standard InChI is InChI=1S/C9H17N5O/c1-6(15)5-14(3)9-4-8(13-10)11-7(2)12-9/h4,6,15H,5,10H2,1-3H3,(H,11,12,13). The van der Waals surface area contributed by atoms with Crippen LogP contribution in [-0.4, -0.2) is 34.8 Å². The van der Waals surface area contributed by atoms with Crippen LogP contribution in [0.4, 0.5) is 11.6 Å². The molecule has 1 aromatic rings. The molecule has 0 aliphatic rings. The number of aryl methyl sites for hydroxylation is 1. The smallest absolute Gasteiger partial charge is 0.145 e. The third-order valence-electron chi connectivity index (χ3n) is 1.90. The maximum Gasteiger partial charge on any atom is 0.145 e. The van der Waals surface area contributed by atoms with Crippen LogP contribution in [-0.2, 0) is 0 Å². The summed E-state index contributed by atoms with van der Waals surface area (Å²) in [6.45, 7) is 4.04. The second-order valence-corrected chi connectivity index (χ2v) is 3.53. The number of hydrogen-bond acceptors (Lipinski definition) is 6. The van der Waals surface area contributed by atoms with Crippen molar-refractivity contribution in [2.24, 2.45) is 5.84 Å². The zero-order chi connectivity index (χ0) is 11.4. The van der Waals surface area contributed by atoms with Gasteiger partial charge in [-0.1, -0.05) is 0 Å². The maximum atomic E-state index is 9.25. The molecule has 0 bridgehead atoms. The number of nitrogen functional groups attached to an aromatic ring is 1. The highest BCUT2D eigenvalue weighted by Gasteiger charge is 2.08. The number of aliphatic hydroxyl groups excluding tert-OH is 1. The number of nitrogens with zero attached hydrogens (tertiary/aromatic N) is 3. The Hall–Kier alpha value is -1.40. The molecule has 6 nitrogen and oxygen atoms in total. The molecular weight excluding hydrogens is 194 g/mol. The molecule has 4 N–H and O–H groups in total. The zero-order valence-corrected chi connectivity index (χ0v) is 9.23. The molecule has 1 atom stereocenters. The van der Waals surface area contributed by atoms with Gasteiger partial charge in [-0.15, -0.1) is 0 Å². The summed E-state index contributed by atoms with van der Waals surface area (Å²) in [7, 11) is 1.86. The largest absolute Gasteiger partial charge is 0.392 e. The van der Waals surface area contributed by atoms with Crippen LogP contribution >= 0.6 is 0 Å². The lowest BCUT2D eigenvalue weighted by molar-refractivity contribution is 0.201. The lowest BCUT2D eigenvalue weighted by Gasteiger charge is -2.20. The highest BCUT2D eigenvalue weighted by Crippen LogP contribution is 2.13. The number of anilines is 2. The number of aromatic nitrogens is 2. The first-order valence-corrected chi connectivity index (χ1v) is 4.74. The van der Waals surface area contributed by atoms with Gasteiger partial charge in [0.15, 0.2) is 0 Å². The summed E-state index contributed by atoms with van der Waals surface area (Å²) in [6, 6.07) is 1.73. The molecule has 0 amide bonds. The van der Waals surface area contributed by atoms with Crippen LogP contribution in [0, 0.1) is 6.92 Å². The van der Waals surface area contributed by atoms with Crippen LogP contribution in [0.25, 0.3) is 0 Å². The van der Waals surface area contributed by atoms with Gasteiger partial charge in [-0.2, -0.15) is 0 Å². The van der Waals surface area contributed by atoms with Crippen LogP contribution in [0.3, 0.4) is 0 Å². The topological polar surface area (TPSA) is 87.3 Å². The fourth-order valence-corrected chi connectivity index (χ4v) is 1.31. The predicted octanol–water partition coefficient (Wildman–Crippen LogP) is -0.112. The molecule has 15 heavy (non-hydrogen) atoms. The van der Waals surface area contributed by atoms with Gasteiger partial charge < -0.3 is 15.4 Å². The molecule has 0 fully saturated rings. The number of aliphatic hydroxyl groups is 1. The van der Waals surface area contributed by atoms with Gasteiger partial charge >= 0.3 is 0 Å². The van der Waals surface area contributed by atoms with Crippen LogP contribution in [0.5, 0.6) is 0 Å². The molecule has 1 heterocycles. The van der Waals surface area contributed by atoms with E-state index in [1.807, 2.05) is 11.9 Å². The van der Waals surface area contributed by atoms with E-state index in [9.17, 15) is 5.11 Å². The van der Waals surface area contributed by atoms with Crippen LogP contribution in [0.15, 0.2) is 6.07 Å². The molecule has 0 aliphatic heterocycles. The highest BCUT2D eigenvalue weighted by atomic mass is 16.3. The second kappa shape index (κ2) is 4.90. The Bertz CT molecular complexity index is 328. The molecule has 84 valence electrons. The molecule has 0 aromatic carbocycles. The Morgan fingerprint density at radius 2 is 2.27 bits per heavy atom. The molecule has 0 aliphatic carbocycles. The summed E-state index contributed by atoms with van der Waals surface area (Å²) in [5.74, 6) is 7.22. The van der Waals surface area contributed by atoms with Crippen molar-refractivity contribution >= 4 is 11.6 Å². The lowest BCUT2D eigenvalue weighted by Crippen LogP contribution is -2.28. The second-order valence-electron chi connectivity index (χ2n) is 3.53. The normalized spacial score (nSPS) is 12.3. The van der Waals surface area contributed by atoms with Gasteiger partial charge in [-0.05, 0) is 13.8 Å². The van der Waals surface area contributed by atoms with Gasteiger partial charge in [0.25, 0.3) is 0 Å². The van der Waals surface area contributed by atoms with E-state index < -0.39 is 6.10 Å². The van der Waals surface area contributed by atoms with Crippen molar-refractivity contribution in [2.75, 3.05) is 23.9 Å². The van der Waals surface area contributed by atoms with E-state index in [1.165, 1.54) is 0 Å². The molecule has 6 heteroatoms. The van der Waals surface area contributed by atoms with Crippen LogP contribution < -0.4 is 16.2 Å². The van der Waals surface area contributed by atoms with Crippen LogP contribution in [0.1, 0.15) is 12.7 Å². The Balaban J connectivity index is 2.88. The zero-order valence-electron chi connectivity index (χ0n) is 9.23. The molecule has 0 radical (unpaired) electrons. The Morgan fingerprint density at radius 1 is 1.60 bits per heavy atom. The minimum Gasteiger partial charge on any atom is -0.392 e. The van der Waals surface area contributed by atoms with Crippen molar-refractivity contribution in [2.45, 2.75) is 20.0 Å². The summed E-state index contributed by atoms with van der Waals surface area (Å²) in [5.41, 5.74) is 2.48. The molecular formula is C9H17N5O. The first-order chi connectivity index (χ1) is 7.02. The monoisotopic (exact) mass is 211 g/mol. The Morgan fingerprint density at radius 3 is 2.80 bits per heavy atom. The highest BCUT2D eigenvalue weighted by molar-refractivity contribution is 5.48. The molecule has 0 spiro atoms. The average Bonchev–Trinajstić information content (AvgIpc) is 2.15. The number of hydrogen-bond donors (Lipinski definition) is 3. The van der Waals surface area contributed by atoms with Gasteiger partial charge in [-0.3, -0.25) is 0 Å². The molecule has 1 unspecified atom stereocenters. The average molecular weight is 211 g/mol. The van der Waals surface area contributed by atoms with Crippen molar-refractivity contribution in [1.29, 1.82) is 0 Å². The van der Waals surface area contributed by atoms with E-state index in [0.29, 0.717) is 18.2 Å². The van der Waals surface area contributed by atoms with Crippen LogP contribution in [0.2, 0.25) is 0 Å². The SMILES string of the molecule is Cc1nc(NN)cc(N(C)CC(C)O)n1. The van der Waals surface area contributed by atoms with E-state index in [1.54, 1.807) is 19.9 Å². The van der Waals surface area contributed by atoms with E-state index in [-0.39, 0.29) is 0 Å². The van der Waals surface area contributed by atoms with E-state index in [0.717, 1.165) is 5.82 Å². The summed E-state index contributed by atoms with van der Waals surface area (Å²) in [5, 5.41) is 9.25. The third kappa shape index (κ3) is 3.34. The van der Waals surface area contributed by atoms with Crippen molar-refractivity contribution in [3.8, 4) is 0 Å². The fourth-order valence-electron chi connectivity index (χ4n) is 1.31. The number of rotatable bonds is 4. The third-order valence-corrected chi connectivity index (χ3v) is 1.90. The summed E-state index contributed by atoms with van der Waals surface area (Å²) in [6.07, 6.45) is -0.403. The van der Waals surface area contributed by atoms with Gasteiger partial charge in [-0.25, -0.2) is 15.8 Å². The quantitative estimate of drug-likeness (QED) is 0.475. The predicted molar refractivity (Wildman–Crippen MR) is 59.5 cm³/mol. The van der Waals surface area contributed by atoms with E-state index >= 15 is 0 Å². The number of likely N-dealkylation sites (N-methyl/N-ethyl adjacent to an activating group) is 1. The van der Waals surface area contributed by atoms with E-state index in [2.05, 4.69) is 15.4 Å². The summed E-state index contributed by atoms with van der Waals surface area (Å²) >= 11 is 0. The van der Waals surface area contributed by atoms with Gasteiger partial charge in [0.1, 0.15) is 17.5 Å². The first-order valence-electron chi connectivity index (χ1n) is 4.74. The Kier molecular flexibility index (Phi) is 3.81. The lowest BCUT2D eigenvalue weighted by atomic mass is 10.3. The van der Waals surface area contributed by atoms with Gasteiger partial charge in [0, 0.05) is 19.7 Å². The summed E-state index contributed by atoms with van der Waals surface area (Å²) in [4.78, 5) is 10.2. The maximum absolute atomic E-state index is 9.25.